The number of ether oxygens (including phenoxy) is 1. The van der Waals surface area contributed by atoms with E-state index in [1.165, 1.54) is 11.1 Å². The Balaban J connectivity index is 1.55. The molecule has 2 aromatic rings. The first-order valence-corrected chi connectivity index (χ1v) is 9.41. The summed E-state index contributed by atoms with van der Waals surface area (Å²) in [4.78, 5) is 0. The second kappa shape index (κ2) is 6.78. The van der Waals surface area contributed by atoms with Crippen molar-refractivity contribution in [1.82, 2.24) is 0 Å². The lowest BCUT2D eigenvalue weighted by Crippen LogP contribution is -2.55. The Hall–Kier alpha value is -1.72. The molecule has 3 N–H and O–H groups in total. The molecule has 4 heteroatoms. The Kier molecular flexibility index (Phi) is 4.61. The molecule has 2 aromatic carbocycles. The van der Waals surface area contributed by atoms with Crippen molar-refractivity contribution in [3.05, 3.63) is 70.8 Å². The summed E-state index contributed by atoms with van der Waals surface area (Å²) in [5.74, 6) is 0. The number of benzene rings is 2. The summed E-state index contributed by atoms with van der Waals surface area (Å²) in [6, 6.07) is 16.6. The van der Waals surface area contributed by atoms with Crippen molar-refractivity contribution in [2.24, 2.45) is 0 Å². The van der Waals surface area contributed by atoms with Crippen LogP contribution >= 0.6 is 0 Å². The van der Waals surface area contributed by atoms with E-state index in [1.54, 1.807) is 0 Å². The molecular formula is C22H26O4. The van der Waals surface area contributed by atoms with E-state index in [-0.39, 0.29) is 0 Å². The molecule has 2 fully saturated rings. The van der Waals surface area contributed by atoms with E-state index in [2.05, 4.69) is 37.3 Å². The lowest BCUT2D eigenvalue weighted by atomic mass is 9.89. The first-order chi connectivity index (χ1) is 12.5. The van der Waals surface area contributed by atoms with Gasteiger partial charge in [-0.15, -0.1) is 0 Å². The van der Waals surface area contributed by atoms with Gasteiger partial charge in [-0.2, -0.15) is 0 Å². The van der Waals surface area contributed by atoms with Crippen LogP contribution < -0.4 is 0 Å². The normalized spacial score (nSPS) is 29.7. The maximum Gasteiger partial charge on any atom is 0.113 e. The van der Waals surface area contributed by atoms with Crippen LogP contribution in [-0.4, -0.2) is 39.2 Å². The SMILES string of the molecule is CCc1ccc(Cc2cccc([C@@H]3OC4(CC4)[C@@H](O)[C@H](O)[C@H]3O)c2)cc1. The van der Waals surface area contributed by atoms with Crippen LogP contribution in [0, 0.1) is 0 Å². The van der Waals surface area contributed by atoms with Crippen LogP contribution in [0.1, 0.15) is 48.1 Å². The number of aryl methyl sites for hydroxylation is 1. The molecule has 0 unspecified atom stereocenters. The van der Waals surface area contributed by atoms with E-state index < -0.39 is 30.0 Å². The number of hydrogen-bond donors (Lipinski definition) is 3. The topological polar surface area (TPSA) is 69.9 Å². The minimum absolute atomic E-state index is 0.613. The third-order valence-electron chi connectivity index (χ3n) is 5.75. The molecule has 1 heterocycles. The quantitative estimate of drug-likeness (QED) is 0.789. The molecular weight excluding hydrogens is 328 g/mol. The molecule has 138 valence electrons. The zero-order valence-electron chi connectivity index (χ0n) is 15.0. The van der Waals surface area contributed by atoms with Gasteiger partial charge in [0.2, 0.25) is 0 Å². The van der Waals surface area contributed by atoms with Gasteiger partial charge < -0.3 is 20.1 Å². The highest BCUT2D eigenvalue weighted by atomic mass is 16.6. The average Bonchev–Trinajstić information content (AvgIpc) is 3.45. The highest BCUT2D eigenvalue weighted by Crippen LogP contribution is 2.51. The summed E-state index contributed by atoms with van der Waals surface area (Å²) in [7, 11) is 0. The maximum atomic E-state index is 10.4. The van der Waals surface area contributed by atoms with E-state index in [0.29, 0.717) is 0 Å². The van der Waals surface area contributed by atoms with Crippen LogP contribution in [0.5, 0.6) is 0 Å². The summed E-state index contributed by atoms with van der Waals surface area (Å²) in [6.07, 6.45) is -0.667. The summed E-state index contributed by atoms with van der Waals surface area (Å²) >= 11 is 0. The van der Waals surface area contributed by atoms with Crippen molar-refractivity contribution in [2.75, 3.05) is 0 Å². The predicted octanol–water partition coefficient (Wildman–Crippen LogP) is 2.53. The first kappa shape index (κ1) is 17.7. The number of rotatable bonds is 4. The molecule has 4 atom stereocenters. The maximum absolute atomic E-state index is 10.4. The van der Waals surface area contributed by atoms with Gasteiger partial charge in [0.05, 0.1) is 5.60 Å². The molecule has 4 rings (SSSR count). The fourth-order valence-corrected chi connectivity index (χ4v) is 3.88. The summed E-state index contributed by atoms with van der Waals surface area (Å²) in [5.41, 5.74) is 3.85. The van der Waals surface area contributed by atoms with Crippen molar-refractivity contribution in [1.29, 1.82) is 0 Å². The Morgan fingerprint density at radius 3 is 2.27 bits per heavy atom. The largest absolute Gasteiger partial charge is 0.387 e. The predicted molar refractivity (Wildman–Crippen MR) is 98.9 cm³/mol. The highest BCUT2D eigenvalue weighted by Gasteiger charge is 2.60. The van der Waals surface area contributed by atoms with Crippen molar-refractivity contribution in [3.8, 4) is 0 Å². The lowest BCUT2D eigenvalue weighted by Gasteiger charge is -2.41. The third-order valence-corrected chi connectivity index (χ3v) is 5.75. The second-order valence-electron chi connectivity index (χ2n) is 7.62. The van der Waals surface area contributed by atoms with E-state index in [4.69, 9.17) is 4.74 Å². The molecule has 4 nitrogen and oxygen atoms in total. The number of aliphatic hydroxyl groups excluding tert-OH is 3. The van der Waals surface area contributed by atoms with Crippen LogP contribution in [0.2, 0.25) is 0 Å². The van der Waals surface area contributed by atoms with Crippen molar-refractivity contribution >= 4 is 0 Å². The number of aliphatic hydroxyl groups is 3. The zero-order valence-corrected chi connectivity index (χ0v) is 15.0. The molecule has 1 spiro atoms. The molecule has 0 radical (unpaired) electrons. The molecule has 1 aliphatic heterocycles. The Labute approximate surface area is 154 Å². The Bertz CT molecular complexity index is 766. The first-order valence-electron chi connectivity index (χ1n) is 9.41. The van der Waals surface area contributed by atoms with Gasteiger partial charge in [-0.25, -0.2) is 0 Å². The van der Waals surface area contributed by atoms with E-state index >= 15 is 0 Å². The molecule has 1 saturated carbocycles. The van der Waals surface area contributed by atoms with Crippen molar-refractivity contribution < 1.29 is 20.1 Å². The third kappa shape index (κ3) is 3.19. The Morgan fingerprint density at radius 1 is 0.923 bits per heavy atom. The number of hydrogen-bond acceptors (Lipinski definition) is 4. The summed E-state index contributed by atoms with van der Waals surface area (Å²) in [5, 5.41) is 30.8. The van der Waals surface area contributed by atoms with Gasteiger partial charge in [-0.3, -0.25) is 0 Å². The van der Waals surface area contributed by atoms with E-state index in [1.807, 2.05) is 18.2 Å². The van der Waals surface area contributed by atoms with Crippen LogP contribution in [-0.2, 0) is 17.6 Å². The molecule has 0 aromatic heterocycles. The minimum atomic E-state index is -1.18. The Morgan fingerprint density at radius 2 is 1.62 bits per heavy atom. The lowest BCUT2D eigenvalue weighted by molar-refractivity contribution is -0.236. The van der Waals surface area contributed by atoms with E-state index in [9.17, 15) is 15.3 Å². The second-order valence-corrected chi connectivity index (χ2v) is 7.62. The fourth-order valence-electron chi connectivity index (χ4n) is 3.88. The van der Waals surface area contributed by atoms with Gasteiger partial charge in [0.15, 0.2) is 0 Å². The standard InChI is InChI=1S/C22H26O4/c1-2-14-6-8-15(9-7-14)12-16-4-3-5-17(13-16)20-18(23)19(24)21(25)22(26-20)10-11-22/h3-9,13,18-21,23-25H,2,10-12H2,1H3/t18-,19-,20+,21+/m1/s1. The molecule has 1 aliphatic carbocycles. The van der Waals surface area contributed by atoms with Gasteiger partial charge in [0.1, 0.15) is 24.4 Å². The van der Waals surface area contributed by atoms with Crippen LogP contribution in [0.25, 0.3) is 0 Å². The zero-order chi connectivity index (χ0) is 18.3. The summed E-state index contributed by atoms with van der Waals surface area (Å²) in [6.45, 7) is 2.14. The van der Waals surface area contributed by atoms with Gasteiger partial charge in [-0.1, -0.05) is 55.5 Å². The van der Waals surface area contributed by atoms with Crippen LogP contribution in [0.3, 0.4) is 0 Å². The minimum Gasteiger partial charge on any atom is -0.387 e. The van der Waals surface area contributed by atoms with Crippen LogP contribution in [0.15, 0.2) is 48.5 Å². The van der Waals surface area contributed by atoms with Crippen molar-refractivity contribution in [3.63, 3.8) is 0 Å². The molecule has 2 aliphatic rings. The van der Waals surface area contributed by atoms with E-state index in [0.717, 1.165) is 36.8 Å². The molecule has 26 heavy (non-hydrogen) atoms. The average molecular weight is 354 g/mol. The van der Waals surface area contributed by atoms with Gasteiger partial charge in [0.25, 0.3) is 0 Å². The molecule has 0 amide bonds. The molecule has 1 saturated heterocycles. The summed E-state index contributed by atoms with van der Waals surface area (Å²) < 4.78 is 6.04. The van der Waals surface area contributed by atoms with Gasteiger partial charge >= 0.3 is 0 Å². The fraction of sp³-hybridized carbons (Fsp3) is 0.455. The molecule has 0 bridgehead atoms. The van der Waals surface area contributed by atoms with Gasteiger partial charge in [-0.05, 0) is 47.9 Å². The van der Waals surface area contributed by atoms with Crippen LogP contribution in [0.4, 0.5) is 0 Å². The monoisotopic (exact) mass is 354 g/mol. The highest BCUT2D eigenvalue weighted by molar-refractivity contribution is 5.33. The smallest absolute Gasteiger partial charge is 0.113 e. The van der Waals surface area contributed by atoms with Gasteiger partial charge in [0, 0.05) is 0 Å². The van der Waals surface area contributed by atoms with Crippen molar-refractivity contribution in [2.45, 2.75) is 62.6 Å².